The smallest absolute Gasteiger partial charge is 0.124 e. The van der Waals surface area contributed by atoms with Gasteiger partial charge in [-0.1, -0.05) is 24.3 Å². The average molecular weight is 288 g/mol. The van der Waals surface area contributed by atoms with Gasteiger partial charge in [0.1, 0.15) is 5.75 Å². The van der Waals surface area contributed by atoms with Crippen LogP contribution in [-0.2, 0) is 6.42 Å². The zero-order valence-corrected chi connectivity index (χ0v) is 13.5. The summed E-state index contributed by atoms with van der Waals surface area (Å²) in [6, 6.07) is 10.6. The van der Waals surface area contributed by atoms with E-state index < -0.39 is 0 Å². The van der Waals surface area contributed by atoms with Crippen LogP contribution in [0.1, 0.15) is 33.4 Å². The minimum atomic E-state index is 0.422. The molecule has 0 amide bonds. The first-order valence-electron chi connectivity index (χ1n) is 7.84. The predicted octanol–water partition coefficient (Wildman–Crippen LogP) is 5.35. The van der Waals surface area contributed by atoms with Gasteiger partial charge in [0.05, 0.1) is 0 Å². The van der Waals surface area contributed by atoms with E-state index in [2.05, 4.69) is 52.0 Å². The summed E-state index contributed by atoms with van der Waals surface area (Å²) in [5.41, 5.74) is 10.4. The van der Waals surface area contributed by atoms with Crippen LogP contribution >= 0.6 is 0 Å². The van der Waals surface area contributed by atoms with Crippen LogP contribution in [0.5, 0.6) is 5.75 Å². The van der Waals surface area contributed by atoms with Gasteiger partial charge in [-0.2, -0.15) is 0 Å². The Morgan fingerprint density at radius 1 is 0.773 bits per heavy atom. The molecule has 0 fully saturated rings. The summed E-state index contributed by atoms with van der Waals surface area (Å²) in [5, 5.41) is 12.9. The number of hydrogen-bond donors (Lipinski definition) is 1. The molecule has 1 aliphatic rings. The molecule has 1 aliphatic carbocycles. The van der Waals surface area contributed by atoms with Gasteiger partial charge < -0.3 is 5.11 Å². The van der Waals surface area contributed by atoms with E-state index in [0.29, 0.717) is 5.75 Å². The molecular formula is C21H20O. The Kier molecular flexibility index (Phi) is 2.65. The van der Waals surface area contributed by atoms with Crippen LogP contribution < -0.4 is 0 Å². The van der Waals surface area contributed by atoms with Crippen LogP contribution in [0.15, 0.2) is 30.3 Å². The fourth-order valence-corrected chi connectivity index (χ4v) is 3.99. The van der Waals surface area contributed by atoms with Gasteiger partial charge in [-0.3, -0.25) is 0 Å². The fraction of sp³-hybridized carbons (Fsp3) is 0.238. The molecule has 0 saturated carbocycles. The Bertz CT molecular complexity index is 948. The maximum atomic E-state index is 10.6. The normalized spacial score (nSPS) is 12.5. The lowest BCUT2D eigenvalue weighted by atomic mass is 9.86. The number of rotatable bonds is 0. The van der Waals surface area contributed by atoms with Gasteiger partial charge in [0, 0.05) is 5.39 Å². The molecule has 0 aliphatic heterocycles. The highest BCUT2D eigenvalue weighted by atomic mass is 16.3. The highest BCUT2D eigenvalue weighted by Crippen LogP contribution is 2.47. The molecule has 0 spiro atoms. The van der Waals surface area contributed by atoms with E-state index in [1.807, 2.05) is 6.07 Å². The summed E-state index contributed by atoms with van der Waals surface area (Å²) >= 11 is 0. The van der Waals surface area contributed by atoms with E-state index in [0.717, 1.165) is 11.8 Å². The standard InChI is InChI=1S/C21H20O/c1-11-12(2)14(4)20-19(13(11)3)18(22)10-16-9-15-7-5-6-8-17(15)21(16)20/h5-8,10,22H,9H2,1-4H3. The highest BCUT2D eigenvalue weighted by Gasteiger charge is 2.25. The van der Waals surface area contributed by atoms with Gasteiger partial charge in [-0.15, -0.1) is 0 Å². The Balaban J connectivity index is 2.27. The van der Waals surface area contributed by atoms with Crippen molar-refractivity contribution < 1.29 is 5.11 Å². The third kappa shape index (κ3) is 1.54. The summed E-state index contributed by atoms with van der Waals surface area (Å²) in [4.78, 5) is 0. The molecule has 0 aromatic heterocycles. The number of phenolic OH excluding ortho intramolecular Hbond substituents is 1. The van der Waals surface area contributed by atoms with E-state index in [1.54, 1.807) is 0 Å². The molecule has 0 heterocycles. The van der Waals surface area contributed by atoms with Crippen molar-refractivity contribution >= 4 is 10.8 Å². The van der Waals surface area contributed by atoms with Crippen LogP contribution in [-0.4, -0.2) is 5.11 Å². The van der Waals surface area contributed by atoms with Crippen molar-refractivity contribution in [1.82, 2.24) is 0 Å². The van der Waals surface area contributed by atoms with Crippen LogP contribution in [0.2, 0.25) is 0 Å². The Hall–Kier alpha value is -2.28. The highest BCUT2D eigenvalue weighted by molar-refractivity contribution is 6.07. The van der Waals surface area contributed by atoms with E-state index in [-0.39, 0.29) is 0 Å². The lowest BCUT2D eigenvalue weighted by Crippen LogP contribution is -1.97. The van der Waals surface area contributed by atoms with Crippen molar-refractivity contribution in [3.63, 3.8) is 0 Å². The number of aromatic hydroxyl groups is 1. The van der Waals surface area contributed by atoms with Gasteiger partial charge in [-0.25, -0.2) is 0 Å². The van der Waals surface area contributed by atoms with Gasteiger partial charge in [0.25, 0.3) is 0 Å². The van der Waals surface area contributed by atoms with Crippen molar-refractivity contribution in [1.29, 1.82) is 0 Å². The quantitative estimate of drug-likeness (QED) is 0.462. The first-order chi connectivity index (χ1) is 10.5. The fourth-order valence-electron chi connectivity index (χ4n) is 3.99. The maximum absolute atomic E-state index is 10.6. The Morgan fingerprint density at radius 3 is 2.14 bits per heavy atom. The van der Waals surface area contributed by atoms with Gasteiger partial charge in [0.2, 0.25) is 0 Å². The maximum Gasteiger partial charge on any atom is 0.124 e. The number of benzene rings is 3. The number of aryl methyl sites for hydroxylation is 2. The van der Waals surface area contributed by atoms with Crippen molar-refractivity contribution in [2.24, 2.45) is 0 Å². The van der Waals surface area contributed by atoms with Gasteiger partial charge >= 0.3 is 0 Å². The molecule has 1 heteroatoms. The summed E-state index contributed by atoms with van der Waals surface area (Å²) in [7, 11) is 0. The molecule has 0 bridgehead atoms. The summed E-state index contributed by atoms with van der Waals surface area (Å²) < 4.78 is 0. The molecule has 1 N–H and O–H groups in total. The minimum Gasteiger partial charge on any atom is -0.507 e. The third-order valence-corrected chi connectivity index (χ3v) is 5.49. The molecule has 0 radical (unpaired) electrons. The zero-order valence-electron chi connectivity index (χ0n) is 13.5. The van der Waals surface area contributed by atoms with Gasteiger partial charge in [0.15, 0.2) is 0 Å². The number of fused-ring (bicyclic) bond motifs is 5. The molecule has 3 aromatic carbocycles. The van der Waals surface area contributed by atoms with Crippen LogP contribution in [0.4, 0.5) is 0 Å². The van der Waals surface area contributed by atoms with Crippen LogP contribution in [0.25, 0.3) is 21.9 Å². The van der Waals surface area contributed by atoms with Crippen molar-refractivity contribution in [3.05, 3.63) is 63.7 Å². The average Bonchev–Trinajstić information content (AvgIpc) is 2.87. The molecule has 4 rings (SSSR count). The molecular weight excluding hydrogens is 268 g/mol. The predicted molar refractivity (Wildman–Crippen MR) is 92.8 cm³/mol. The summed E-state index contributed by atoms with van der Waals surface area (Å²) in [6.07, 6.45) is 0.917. The van der Waals surface area contributed by atoms with Crippen molar-refractivity contribution in [2.75, 3.05) is 0 Å². The largest absolute Gasteiger partial charge is 0.507 e. The Labute approximate surface area is 131 Å². The lowest BCUT2D eigenvalue weighted by molar-refractivity contribution is 0.481. The molecule has 0 unspecified atom stereocenters. The monoisotopic (exact) mass is 288 g/mol. The Morgan fingerprint density at radius 2 is 1.41 bits per heavy atom. The number of phenols is 1. The third-order valence-electron chi connectivity index (χ3n) is 5.49. The second-order valence-corrected chi connectivity index (χ2v) is 6.51. The molecule has 1 nitrogen and oxygen atoms in total. The summed E-state index contributed by atoms with van der Waals surface area (Å²) in [5.74, 6) is 0.422. The van der Waals surface area contributed by atoms with E-state index >= 15 is 0 Å². The van der Waals surface area contributed by atoms with Crippen molar-refractivity contribution in [3.8, 4) is 16.9 Å². The molecule has 3 aromatic rings. The molecule has 0 saturated heterocycles. The second kappa shape index (κ2) is 4.36. The first kappa shape index (κ1) is 13.4. The molecule has 22 heavy (non-hydrogen) atoms. The van der Waals surface area contributed by atoms with E-state index in [4.69, 9.17) is 0 Å². The SMILES string of the molecule is Cc1c(C)c(C)c2c3c(cc(O)c2c1C)Cc1ccccc1-3. The minimum absolute atomic E-state index is 0.422. The topological polar surface area (TPSA) is 20.2 Å². The zero-order chi connectivity index (χ0) is 15.6. The number of hydrogen-bond acceptors (Lipinski definition) is 1. The van der Waals surface area contributed by atoms with E-state index in [1.165, 1.54) is 49.9 Å². The second-order valence-electron chi connectivity index (χ2n) is 6.51. The van der Waals surface area contributed by atoms with Crippen molar-refractivity contribution in [2.45, 2.75) is 34.1 Å². The van der Waals surface area contributed by atoms with Crippen LogP contribution in [0.3, 0.4) is 0 Å². The van der Waals surface area contributed by atoms with E-state index in [9.17, 15) is 5.11 Å². The van der Waals surface area contributed by atoms with Crippen LogP contribution in [0, 0.1) is 27.7 Å². The van der Waals surface area contributed by atoms with Gasteiger partial charge in [-0.05, 0) is 90.1 Å². The molecule has 110 valence electrons. The molecule has 0 atom stereocenters. The summed E-state index contributed by atoms with van der Waals surface area (Å²) in [6.45, 7) is 8.65. The lowest BCUT2D eigenvalue weighted by Gasteiger charge is -2.18. The first-order valence-corrected chi connectivity index (χ1v) is 7.84.